The zero-order valence-electron chi connectivity index (χ0n) is 13.5. The minimum absolute atomic E-state index is 0.0722. The number of nitrogens with one attached hydrogen (secondary N) is 1. The van der Waals surface area contributed by atoms with Gasteiger partial charge in [0.2, 0.25) is 0 Å². The first kappa shape index (κ1) is 17.4. The number of hydrogen-bond acceptors (Lipinski definition) is 7. The van der Waals surface area contributed by atoms with Gasteiger partial charge in [-0.25, -0.2) is 9.78 Å². The summed E-state index contributed by atoms with van der Waals surface area (Å²) >= 11 is 1.19. The lowest BCUT2D eigenvalue weighted by Gasteiger charge is -2.18. The normalized spacial score (nSPS) is 16.2. The van der Waals surface area contributed by atoms with Crippen LogP contribution in [-0.4, -0.2) is 34.8 Å². The number of rotatable bonds is 5. The summed E-state index contributed by atoms with van der Waals surface area (Å²) in [6, 6.07) is 0. The highest BCUT2D eigenvalue weighted by Gasteiger charge is 2.19. The van der Waals surface area contributed by atoms with Crippen molar-refractivity contribution in [3.8, 4) is 0 Å². The standard InChI is InChI=1S/C15H21N3O4S/c1-15(2,3)21-14(20)17-13-16-12(9-23-13)11(8-19)18-22-10-6-4-5-7-10/h8-10H,4-7H2,1-3H3,(H,16,17,20). The molecule has 0 radical (unpaired) electrons. The zero-order valence-corrected chi connectivity index (χ0v) is 14.3. The van der Waals surface area contributed by atoms with Gasteiger partial charge in [0, 0.05) is 5.38 Å². The highest BCUT2D eigenvalue weighted by molar-refractivity contribution is 7.14. The molecule has 126 valence electrons. The molecule has 1 N–H and O–H groups in total. The molecular formula is C15H21N3O4S. The molecule has 7 nitrogen and oxygen atoms in total. The van der Waals surface area contributed by atoms with Gasteiger partial charge in [-0.15, -0.1) is 11.3 Å². The van der Waals surface area contributed by atoms with E-state index in [9.17, 15) is 9.59 Å². The third-order valence-corrected chi connectivity index (χ3v) is 3.85. The molecule has 1 aliphatic rings. The van der Waals surface area contributed by atoms with Gasteiger partial charge in [0.15, 0.2) is 17.1 Å². The zero-order chi connectivity index (χ0) is 16.9. The summed E-state index contributed by atoms with van der Waals surface area (Å²) in [5.41, 5.74) is -0.103. The van der Waals surface area contributed by atoms with Crippen LogP contribution in [0.3, 0.4) is 0 Å². The van der Waals surface area contributed by atoms with Gasteiger partial charge in [-0.05, 0) is 46.5 Å². The predicted molar refractivity (Wildman–Crippen MR) is 87.9 cm³/mol. The van der Waals surface area contributed by atoms with E-state index in [1.807, 2.05) is 0 Å². The largest absolute Gasteiger partial charge is 0.444 e. The van der Waals surface area contributed by atoms with E-state index in [0.717, 1.165) is 25.7 Å². The minimum Gasteiger partial charge on any atom is -0.444 e. The Kier molecular flexibility index (Phi) is 5.70. The van der Waals surface area contributed by atoms with Gasteiger partial charge in [0.05, 0.1) is 0 Å². The van der Waals surface area contributed by atoms with E-state index in [-0.39, 0.29) is 11.8 Å². The molecule has 0 bridgehead atoms. The average Bonchev–Trinajstić information content (AvgIpc) is 3.09. The maximum Gasteiger partial charge on any atom is 0.413 e. The Hall–Kier alpha value is -1.96. The van der Waals surface area contributed by atoms with Crippen LogP contribution in [0.1, 0.15) is 52.1 Å². The number of hydrogen-bond donors (Lipinski definition) is 1. The topological polar surface area (TPSA) is 89.9 Å². The third kappa shape index (κ3) is 5.63. The number of nitrogens with zero attached hydrogens (tertiary/aromatic N) is 2. The van der Waals surface area contributed by atoms with Crippen LogP contribution in [0.15, 0.2) is 10.5 Å². The minimum atomic E-state index is -0.592. The van der Waals surface area contributed by atoms with Gasteiger partial charge < -0.3 is 9.57 Å². The fourth-order valence-corrected chi connectivity index (χ4v) is 2.78. The number of anilines is 1. The van der Waals surface area contributed by atoms with Crippen LogP contribution in [0, 0.1) is 0 Å². The second kappa shape index (κ2) is 7.54. The Bertz CT molecular complexity index is 586. The first-order valence-corrected chi connectivity index (χ1v) is 8.40. The smallest absolute Gasteiger partial charge is 0.413 e. The number of amides is 1. The molecule has 23 heavy (non-hydrogen) atoms. The maximum atomic E-state index is 11.7. The summed E-state index contributed by atoms with van der Waals surface area (Å²) in [6.07, 6.45) is 4.24. The number of carbonyl (C=O) groups excluding carboxylic acids is 2. The molecule has 1 aromatic heterocycles. The highest BCUT2D eigenvalue weighted by Crippen LogP contribution is 2.22. The van der Waals surface area contributed by atoms with Crippen LogP contribution in [0.5, 0.6) is 0 Å². The molecule has 8 heteroatoms. The van der Waals surface area contributed by atoms with E-state index < -0.39 is 11.7 Å². The fraction of sp³-hybridized carbons (Fsp3) is 0.600. The van der Waals surface area contributed by atoms with Crippen molar-refractivity contribution in [2.45, 2.75) is 58.2 Å². The van der Waals surface area contributed by atoms with E-state index in [4.69, 9.17) is 9.57 Å². The van der Waals surface area contributed by atoms with Crippen molar-refractivity contribution in [1.82, 2.24) is 4.98 Å². The second-order valence-corrected chi connectivity index (χ2v) is 7.13. The molecule has 0 unspecified atom stereocenters. The number of aromatic nitrogens is 1. The van der Waals surface area contributed by atoms with Crippen LogP contribution < -0.4 is 5.32 Å². The van der Waals surface area contributed by atoms with Gasteiger partial charge in [-0.2, -0.15) is 0 Å². The molecule has 1 fully saturated rings. The van der Waals surface area contributed by atoms with Crippen LogP contribution in [0.2, 0.25) is 0 Å². The van der Waals surface area contributed by atoms with E-state index in [1.54, 1.807) is 26.2 Å². The Labute approximate surface area is 139 Å². The fourth-order valence-electron chi connectivity index (χ4n) is 2.09. The van der Waals surface area contributed by atoms with Crippen molar-refractivity contribution in [3.63, 3.8) is 0 Å². The number of aldehydes is 1. The number of ether oxygens (including phenoxy) is 1. The molecule has 0 spiro atoms. The summed E-state index contributed by atoms with van der Waals surface area (Å²) < 4.78 is 5.14. The Morgan fingerprint density at radius 3 is 2.74 bits per heavy atom. The second-order valence-electron chi connectivity index (χ2n) is 6.27. The molecule has 0 atom stereocenters. The Balaban J connectivity index is 1.97. The first-order chi connectivity index (χ1) is 10.9. The lowest BCUT2D eigenvalue weighted by atomic mass is 10.2. The molecule has 0 aromatic carbocycles. The van der Waals surface area contributed by atoms with Gasteiger partial charge in [0.1, 0.15) is 17.4 Å². The lowest BCUT2D eigenvalue weighted by molar-refractivity contribution is -0.102. The van der Waals surface area contributed by atoms with Crippen molar-refractivity contribution >= 4 is 34.6 Å². The summed E-state index contributed by atoms with van der Waals surface area (Å²) in [6.45, 7) is 5.33. The van der Waals surface area contributed by atoms with E-state index in [1.165, 1.54) is 11.3 Å². The predicted octanol–water partition coefficient (Wildman–Crippen LogP) is 3.35. The molecule has 1 aromatic rings. The van der Waals surface area contributed by atoms with Crippen molar-refractivity contribution < 1.29 is 19.2 Å². The lowest BCUT2D eigenvalue weighted by Crippen LogP contribution is -2.27. The van der Waals surface area contributed by atoms with Gasteiger partial charge in [-0.1, -0.05) is 5.16 Å². The molecule has 2 rings (SSSR count). The molecule has 1 saturated carbocycles. The summed E-state index contributed by atoms with van der Waals surface area (Å²) in [4.78, 5) is 32.4. The Morgan fingerprint density at radius 1 is 1.43 bits per heavy atom. The van der Waals surface area contributed by atoms with Gasteiger partial charge in [-0.3, -0.25) is 10.1 Å². The van der Waals surface area contributed by atoms with Crippen molar-refractivity contribution in [2.75, 3.05) is 5.32 Å². The summed E-state index contributed by atoms with van der Waals surface area (Å²) in [7, 11) is 0. The molecular weight excluding hydrogens is 318 g/mol. The number of oxime groups is 1. The van der Waals surface area contributed by atoms with E-state index in [2.05, 4.69) is 15.5 Å². The number of thiazole rings is 1. The quantitative estimate of drug-likeness (QED) is 0.505. The van der Waals surface area contributed by atoms with Crippen molar-refractivity contribution in [1.29, 1.82) is 0 Å². The van der Waals surface area contributed by atoms with Crippen LogP contribution in [0.4, 0.5) is 9.93 Å². The molecule has 1 heterocycles. The molecule has 1 amide bonds. The monoisotopic (exact) mass is 339 g/mol. The summed E-state index contributed by atoms with van der Waals surface area (Å²) in [5.74, 6) is 0. The van der Waals surface area contributed by atoms with Crippen LogP contribution >= 0.6 is 11.3 Å². The first-order valence-electron chi connectivity index (χ1n) is 7.52. The van der Waals surface area contributed by atoms with Gasteiger partial charge >= 0.3 is 6.09 Å². The SMILES string of the molecule is CC(C)(C)OC(=O)Nc1nc(C(C=O)=NOC2CCCC2)cs1. The third-order valence-electron chi connectivity index (χ3n) is 3.09. The van der Waals surface area contributed by atoms with E-state index >= 15 is 0 Å². The number of carbonyl (C=O) groups is 2. The van der Waals surface area contributed by atoms with Crippen LogP contribution in [0.25, 0.3) is 0 Å². The van der Waals surface area contributed by atoms with Crippen molar-refractivity contribution in [2.24, 2.45) is 5.16 Å². The van der Waals surface area contributed by atoms with Gasteiger partial charge in [0.25, 0.3) is 0 Å². The maximum absolute atomic E-state index is 11.7. The molecule has 0 aliphatic heterocycles. The van der Waals surface area contributed by atoms with Crippen molar-refractivity contribution in [3.05, 3.63) is 11.1 Å². The van der Waals surface area contributed by atoms with Crippen LogP contribution in [-0.2, 0) is 14.4 Å². The molecule has 1 aliphatic carbocycles. The molecule has 0 saturated heterocycles. The summed E-state index contributed by atoms with van der Waals surface area (Å²) in [5, 5.41) is 8.40. The average molecular weight is 339 g/mol. The van der Waals surface area contributed by atoms with E-state index in [0.29, 0.717) is 17.1 Å². The highest BCUT2D eigenvalue weighted by atomic mass is 32.1. The Morgan fingerprint density at radius 2 is 2.13 bits per heavy atom.